The second kappa shape index (κ2) is 3.99. The molecule has 0 amide bonds. The maximum Gasteiger partial charge on any atom is 0.0488 e. The molecule has 0 aliphatic carbocycles. The Balaban J connectivity index is 2.99. The number of hydrogen-bond donors (Lipinski definition) is 0. The van der Waals surface area contributed by atoms with Gasteiger partial charge in [-0.2, -0.15) is 0 Å². The van der Waals surface area contributed by atoms with Crippen molar-refractivity contribution in [2.24, 2.45) is 0 Å². The molecule has 0 saturated carbocycles. The van der Waals surface area contributed by atoms with Gasteiger partial charge in [0.2, 0.25) is 0 Å². The van der Waals surface area contributed by atoms with Gasteiger partial charge in [0.15, 0.2) is 0 Å². The summed E-state index contributed by atoms with van der Waals surface area (Å²) in [7, 11) is 0. The third kappa shape index (κ3) is 2.11. The van der Waals surface area contributed by atoms with Gasteiger partial charge < -0.3 is 0 Å². The highest BCUT2D eigenvalue weighted by Crippen LogP contribution is 2.19. The highest BCUT2D eigenvalue weighted by atomic mass is 35.5. The molecule has 1 aromatic rings. The lowest BCUT2D eigenvalue weighted by Crippen LogP contribution is -1.84. The molecule has 0 saturated heterocycles. The molecule has 0 bridgehead atoms. The zero-order chi connectivity index (χ0) is 8.27. The van der Waals surface area contributed by atoms with Crippen molar-refractivity contribution in [2.45, 2.75) is 19.2 Å². The molecule has 0 aromatic heterocycles. The van der Waals surface area contributed by atoms with E-state index in [-0.39, 0.29) is 0 Å². The van der Waals surface area contributed by atoms with Crippen molar-refractivity contribution in [3.8, 4) is 0 Å². The van der Waals surface area contributed by atoms with Crippen LogP contribution in [0.2, 0.25) is 5.02 Å². The van der Waals surface area contributed by atoms with Crippen molar-refractivity contribution in [1.82, 2.24) is 0 Å². The molecule has 2 heteroatoms. The van der Waals surface area contributed by atoms with Crippen LogP contribution in [0.1, 0.15) is 18.1 Å². The second-order valence-corrected chi connectivity index (χ2v) is 3.09. The van der Waals surface area contributed by atoms with Crippen LogP contribution in [0.3, 0.4) is 0 Å². The molecule has 11 heavy (non-hydrogen) atoms. The van der Waals surface area contributed by atoms with Crippen LogP contribution in [-0.4, -0.2) is 0 Å². The van der Waals surface area contributed by atoms with Crippen LogP contribution in [0.15, 0.2) is 18.2 Å². The maximum absolute atomic E-state index is 5.92. The fourth-order valence-electron chi connectivity index (χ4n) is 0.919. The fourth-order valence-corrected chi connectivity index (χ4v) is 1.49. The summed E-state index contributed by atoms with van der Waals surface area (Å²) in [6.07, 6.45) is 1.02. The third-order valence-electron chi connectivity index (χ3n) is 1.67. The van der Waals surface area contributed by atoms with Gasteiger partial charge in [-0.05, 0) is 23.6 Å². The van der Waals surface area contributed by atoms with Crippen molar-refractivity contribution >= 4 is 23.2 Å². The highest BCUT2D eigenvalue weighted by molar-refractivity contribution is 6.32. The van der Waals surface area contributed by atoms with Gasteiger partial charge >= 0.3 is 0 Å². The topological polar surface area (TPSA) is 0 Å². The maximum atomic E-state index is 5.92. The van der Waals surface area contributed by atoms with Crippen molar-refractivity contribution in [3.05, 3.63) is 34.3 Å². The van der Waals surface area contributed by atoms with Crippen LogP contribution in [-0.2, 0) is 12.3 Å². The summed E-state index contributed by atoms with van der Waals surface area (Å²) < 4.78 is 0. The molecule has 1 rings (SSSR count). The minimum absolute atomic E-state index is 0.489. The summed E-state index contributed by atoms with van der Waals surface area (Å²) >= 11 is 11.6. The van der Waals surface area contributed by atoms with Gasteiger partial charge in [-0.3, -0.25) is 0 Å². The quantitative estimate of drug-likeness (QED) is 0.623. The SMILES string of the molecule is CCc1ccc(CCl)c(Cl)c1. The van der Waals surface area contributed by atoms with E-state index in [1.54, 1.807) is 0 Å². The number of alkyl halides is 1. The number of hydrogen-bond acceptors (Lipinski definition) is 0. The molecule has 0 atom stereocenters. The van der Waals surface area contributed by atoms with Gasteiger partial charge in [-0.25, -0.2) is 0 Å². The number of rotatable bonds is 2. The van der Waals surface area contributed by atoms with Gasteiger partial charge in [0, 0.05) is 10.9 Å². The number of halogens is 2. The molecule has 0 radical (unpaired) electrons. The molecule has 0 spiro atoms. The lowest BCUT2D eigenvalue weighted by atomic mass is 10.1. The smallest absolute Gasteiger partial charge is 0.0488 e. The standard InChI is InChI=1S/C9H10Cl2/c1-2-7-3-4-8(6-10)9(11)5-7/h3-5H,2,6H2,1H3. The first-order valence-electron chi connectivity index (χ1n) is 3.61. The molecule has 1 aromatic carbocycles. The van der Waals surface area contributed by atoms with Crippen LogP contribution >= 0.6 is 23.2 Å². The average Bonchev–Trinajstić information content (AvgIpc) is 2.04. The Bertz CT molecular complexity index is 243. The molecule has 0 N–H and O–H groups in total. The number of aryl methyl sites for hydroxylation is 1. The van der Waals surface area contributed by atoms with Gasteiger partial charge in [-0.15, -0.1) is 11.6 Å². The van der Waals surface area contributed by atoms with Gasteiger partial charge in [0.25, 0.3) is 0 Å². The Hall–Kier alpha value is -0.200. The Kier molecular flexibility index (Phi) is 3.22. The average molecular weight is 189 g/mol. The largest absolute Gasteiger partial charge is 0.121 e. The predicted octanol–water partition coefficient (Wildman–Crippen LogP) is 3.64. The van der Waals surface area contributed by atoms with E-state index in [1.165, 1.54) is 5.56 Å². The zero-order valence-electron chi connectivity index (χ0n) is 6.40. The fraction of sp³-hybridized carbons (Fsp3) is 0.333. The van der Waals surface area contributed by atoms with E-state index in [2.05, 4.69) is 13.0 Å². The van der Waals surface area contributed by atoms with E-state index in [9.17, 15) is 0 Å². The normalized spacial score (nSPS) is 10.1. The molecule has 60 valence electrons. The first kappa shape index (κ1) is 8.89. The van der Waals surface area contributed by atoms with Crippen molar-refractivity contribution < 1.29 is 0 Å². The van der Waals surface area contributed by atoms with E-state index < -0.39 is 0 Å². The van der Waals surface area contributed by atoms with E-state index in [4.69, 9.17) is 23.2 Å². The summed E-state index contributed by atoms with van der Waals surface area (Å²) in [6.45, 7) is 2.10. The minimum Gasteiger partial charge on any atom is -0.121 e. The summed E-state index contributed by atoms with van der Waals surface area (Å²) in [5.41, 5.74) is 2.26. The Morgan fingerprint density at radius 1 is 1.36 bits per heavy atom. The van der Waals surface area contributed by atoms with Crippen LogP contribution in [0.5, 0.6) is 0 Å². The van der Waals surface area contributed by atoms with Gasteiger partial charge in [-0.1, -0.05) is 30.7 Å². The molecule has 0 aliphatic rings. The van der Waals surface area contributed by atoms with Gasteiger partial charge in [0.1, 0.15) is 0 Å². The van der Waals surface area contributed by atoms with Crippen LogP contribution in [0.4, 0.5) is 0 Å². The molecule has 0 heterocycles. The Morgan fingerprint density at radius 3 is 2.55 bits per heavy atom. The monoisotopic (exact) mass is 188 g/mol. The summed E-state index contributed by atoms with van der Waals surface area (Å²) in [5, 5.41) is 0.777. The van der Waals surface area contributed by atoms with E-state index in [0.29, 0.717) is 5.88 Å². The van der Waals surface area contributed by atoms with Crippen LogP contribution in [0.25, 0.3) is 0 Å². The first-order chi connectivity index (χ1) is 5.27. The van der Waals surface area contributed by atoms with Crippen LogP contribution < -0.4 is 0 Å². The highest BCUT2D eigenvalue weighted by Gasteiger charge is 1.98. The Morgan fingerprint density at radius 2 is 2.09 bits per heavy atom. The second-order valence-electron chi connectivity index (χ2n) is 2.41. The molecule has 0 aliphatic heterocycles. The molecular formula is C9H10Cl2. The summed E-state index contributed by atoms with van der Waals surface area (Å²) in [4.78, 5) is 0. The molecule has 0 fully saturated rings. The third-order valence-corrected chi connectivity index (χ3v) is 2.31. The zero-order valence-corrected chi connectivity index (χ0v) is 7.91. The predicted molar refractivity (Wildman–Crippen MR) is 50.4 cm³/mol. The lowest BCUT2D eigenvalue weighted by molar-refractivity contribution is 1.13. The minimum atomic E-state index is 0.489. The van der Waals surface area contributed by atoms with E-state index in [0.717, 1.165) is 17.0 Å². The van der Waals surface area contributed by atoms with Crippen molar-refractivity contribution in [3.63, 3.8) is 0 Å². The number of benzene rings is 1. The molecule has 0 unspecified atom stereocenters. The summed E-state index contributed by atoms with van der Waals surface area (Å²) in [5.74, 6) is 0.489. The van der Waals surface area contributed by atoms with Crippen molar-refractivity contribution in [2.75, 3.05) is 0 Å². The van der Waals surface area contributed by atoms with Crippen LogP contribution in [0, 0.1) is 0 Å². The van der Waals surface area contributed by atoms with E-state index >= 15 is 0 Å². The molecular weight excluding hydrogens is 179 g/mol. The molecule has 0 nitrogen and oxygen atoms in total. The Labute approximate surface area is 77.1 Å². The first-order valence-corrected chi connectivity index (χ1v) is 4.52. The summed E-state index contributed by atoms with van der Waals surface area (Å²) in [6, 6.07) is 6.01. The lowest BCUT2D eigenvalue weighted by Gasteiger charge is -2.01. The van der Waals surface area contributed by atoms with Gasteiger partial charge in [0.05, 0.1) is 0 Å². The van der Waals surface area contributed by atoms with E-state index in [1.807, 2.05) is 12.1 Å². The van der Waals surface area contributed by atoms with Crippen molar-refractivity contribution in [1.29, 1.82) is 0 Å².